The van der Waals surface area contributed by atoms with Crippen LogP contribution in [-0.4, -0.2) is 37.5 Å². The Morgan fingerprint density at radius 2 is 1.72 bits per heavy atom. The van der Waals surface area contributed by atoms with Gasteiger partial charge in [0.25, 0.3) is 0 Å². The molecular weight excluding hydrogens is 310 g/mol. The second-order valence-corrected chi connectivity index (χ2v) is 6.13. The fraction of sp³-hybridized carbons (Fsp3) is 0.286. The van der Waals surface area contributed by atoms with E-state index in [1.165, 1.54) is 0 Å². The van der Waals surface area contributed by atoms with Crippen LogP contribution in [0.1, 0.15) is 13.8 Å². The molecule has 4 heteroatoms. The summed E-state index contributed by atoms with van der Waals surface area (Å²) in [4.78, 5) is 16.4. The summed E-state index contributed by atoms with van der Waals surface area (Å²) in [6.07, 6.45) is 0. The molecule has 2 aromatic rings. The zero-order chi connectivity index (χ0) is 18.2. The van der Waals surface area contributed by atoms with Gasteiger partial charge < -0.3 is 15.1 Å². The van der Waals surface area contributed by atoms with Crippen LogP contribution < -0.4 is 10.2 Å². The summed E-state index contributed by atoms with van der Waals surface area (Å²) in [7, 11) is 2.02. The van der Waals surface area contributed by atoms with E-state index in [4.69, 9.17) is 0 Å². The lowest BCUT2D eigenvalue weighted by molar-refractivity contribution is -0.128. The van der Waals surface area contributed by atoms with Gasteiger partial charge in [0, 0.05) is 25.8 Å². The number of carbonyl (C=O) groups is 1. The maximum absolute atomic E-state index is 12.4. The maximum Gasteiger partial charge on any atom is 0.242 e. The van der Waals surface area contributed by atoms with E-state index in [2.05, 4.69) is 28.9 Å². The monoisotopic (exact) mass is 337 g/mol. The highest BCUT2D eigenvalue weighted by molar-refractivity contribution is 5.84. The van der Waals surface area contributed by atoms with Crippen LogP contribution in [0.2, 0.25) is 0 Å². The number of likely N-dealkylation sites (N-methyl/N-ethyl adjacent to an activating group) is 1. The minimum Gasteiger partial charge on any atom is -0.374 e. The molecule has 0 aliphatic rings. The maximum atomic E-state index is 12.4. The summed E-state index contributed by atoms with van der Waals surface area (Å²) in [6.45, 7) is 9.36. The Labute approximate surface area is 150 Å². The van der Waals surface area contributed by atoms with Gasteiger partial charge in [-0.05, 0) is 38.1 Å². The van der Waals surface area contributed by atoms with Crippen LogP contribution in [0.5, 0.6) is 0 Å². The van der Waals surface area contributed by atoms with E-state index in [9.17, 15) is 4.79 Å². The topological polar surface area (TPSA) is 35.6 Å². The molecule has 1 amide bonds. The molecular formula is C21H27N3O. The molecule has 0 aliphatic carbocycles. The molecule has 132 valence electrons. The number of nitrogens with zero attached hydrogens (tertiary/aromatic N) is 2. The van der Waals surface area contributed by atoms with Crippen molar-refractivity contribution in [3.05, 3.63) is 66.7 Å². The number of rotatable bonds is 8. The van der Waals surface area contributed by atoms with E-state index in [1.807, 2.05) is 63.4 Å². The lowest BCUT2D eigenvalue weighted by Gasteiger charge is -2.25. The molecule has 25 heavy (non-hydrogen) atoms. The first-order valence-corrected chi connectivity index (χ1v) is 8.56. The molecule has 0 atom stereocenters. The third-order valence-corrected chi connectivity index (χ3v) is 4.03. The number of anilines is 3. The van der Waals surface area contributed by atoms with Gasteiger partial charge in [-0.15, -0.1) is 0 Å². The van der Waals surface area contributed by atoms with Gasteiger partial charge in [-0.2, -0.15) is 0 Å². The molecule has 0 radical (unpaired) electrons. The van der Waals surface area contributed by atoms with Crippen LogP contribution in [0.25, 0.3) is 0 Å². The molecule has 0 fully saturated rings. The van der Waals surface area contributed by atoms with E-state index >= 15 is 0 Å². The average Bonchev–Trinajstić information content (AvgIpc) is 2.64. The molecule has 2 rings (SSSR count). The number of hydrogen-bond donors (Lipinski definition) is 1. The van der Waals surface area contributed by atoms with Gasteiger partial charge in [-0.25, -0.2) is 0 Å². The molecule has 1 N–H and O–H groups in total. The highest BCUT2D eigenvalue weighted by atomic mass is 16.2. The highest BCUT2D eigenvalue weighted by Gasteiger charge is 2.13. The van der Waals surface area contributed by atoms with E-state index in [0.29, 0.717) is 13.1 Å². The molecule has 0 aromatic heterocycles. The van der Waals surface area contributed by atoms with Crippen molar-refractivity contribution in [2.24, 2.45) is 0 Å². The number of amides is 1. The second kappa shape index (κ2) is 8.92. The van der Waals surface area contributed by atoms with Gasteiger partial charge in [-0.3, -0.25) is 4.79 Å². The van der Waals surface area contributed by atoms with Crippen LogP contribution in [0, 0.1) is 0 Å². The molecule has 4 nitrogen and oxygen atoms in total. The summed E-state index contributed by atoms with van der Waals surface area (Å²) in [5, 5.41) is 3.29. The van der Waals surface area contributed by atoms with Crippen LogP contribution in [0.4, 0.5) is 17.1 Å². The summed E-state index contributed by atoms with van der Waals surface area (Å²) in [6, 6.07) is 18.2. The smallest absolute Gasteiger partial charge is 0.242 e. The molecule has 0 spiro atoms. The van der Waals surface area contributed by atoms with Crippen molar-refractivity contribution in [1.82, 2.24) is 4.90 Å². The minimum absolute atomic E-state index is 0.0719. The summed E-state index contributed by atoms with van der Waals surface area (Å²) >= 11 is 0. The second-order valence-electron chi connectivity index (χ2n) is 6.13. The Balaban J connectivity index is 2.10. The Kier molecular flexibility index (Phi) is 6.63. The third-order valence-electron chi connectivity index (χ3n) is 4.03. The van der Waals surface area contributed by atoms with Crippen molar-refractivity contribution in [3.63, 3.8) is 0 Å². The van der Waals surface area contributed by atoms with Crippen LogP contribution in [0.15, 0.2) is 66.7 Å². The number of benzene rings is 2. The average molecular weight is 337 g/mol. The predicted molar refractivity (Wildman–Crippen MR) is 107 cm³/mol. The van der Waals surface area contributed by atoms with Crippen molar-refractivity contribution in [2.45, 2.75) is 13.8 Å². The molecule has 2 aromatic carbocycles. The van der Waals surface area contributed by atoms with Crippen LogP contribution in [0.3, 0.4) is 0 Å². The summed E-state index contributed by atoms with van der Waals surface area (Å²) in [5.74, 6) is 0.0719. The molecule has 0 saturated carbocycles. The first-order chi connectivity index (χ1) is 12.0. The minimum atomic E-state index is 0.0719. The van der Waals surface area contributed by atoms with E-state index in [1.54, 1.807) is 4.90 Å². The first kappa shape index (κ1) is 18.6. The molecule has 0 heterocycles. The first-order valence-electron chi connectivity index (χ1n) is 8.56. The standard InChI is InChI=1S/C21H27N3O/c1-5-24(16-17(2)3)21(25)15-22-19-13-9-10-14-20(19)23(4)18-11-7-6-8-12-18/h6-14,22H,2,5,15-16H2,1,3-4H3. The van der Waals surface area contributed by atoms with Gasteiger partial charge in [0.2, 0.25) is 5.91 Å². The largest absolute Gasteiger partial charge is 0.374 e. The van der Waals surface area contributed by atoms with E-state index in [-0.39, 0.29) is 12.5 Å². The SMILES string of the molecule is C=C(C)CN(CC)C(=O)CNc1ccccc1N(C)c1ccccc1. The predicted octanol–water partition coefficient (Wildman–Crippen LogP) is 4.29. The number of nitrogens with one attached hydrogen (secondary N) is 1. The fourth-order valence-electron chi connectivity index (χ4n) is 2.69. The Morgan fingerprint density at radius 1 is 1.08 bits per heavy atom. The number of para-hydroxylation sites is 3. The van der Waals surface area contributed by atoms with E-state index in [0.717, 1.165) is 22.6 Å². The Hall–Kier alpha value is -2.75. The van der Waals surface area contributed by atoms with Crippen molar-refractivity contribution < 1.29 is 4.79 Å². The number of hydrogen-bond acceptors (Lipinski definition) is 3. The quantitative estimate of drug-likeness (QED) is 0.730. The number of carbonyl (C=O) groups excluding carboxylic acids is 1. The lowest BCUT2D eigenvalue weighted by Crippen LogP contribution is -2.36. The molecule has 0 bridgehead atoms. The Morgan fingerprint density at radius 3 is 2.36 bits per heavy atom. The van der Waals surface area contributed by atoms with E-state index < -0.39 is 0 Å². The zero-order valence-corrected chi connectivity index (χ0v) is 15.3. The highest BCUT2D eigenvalue weighted by Crippen LogP contribution is 2.30. The van der Waals surface area contributed by atoms with Crippen molar-refractivity contribution in [1.29, 1.82) is 0 Å². The van der Waals surface area contributed by atoms with Gasteiger partial charge in [0.15, 0.2) is 0 Å². The third kappa shape index (κ3) is 5.11. The Bertz CT molecular complexity index is 712. The fourth-order valence-corrected chi connectivity index (χ4v) is 2.69. The van der Waals surface area contributed by atoms with Gasteiger partial charge >= 0.3 is 0 Å². The van der Waals surface area contributed by atoms with Crippen LogP contribution >= 0.6 is 0 Å². The molecule has 0 saturated heterocycles. The van der Waals surface area contributed by atoms with Gasteiger partial charge in [0.05, 0.1) is 17.9 Å². The normalized spacial score (nSPS) is 10.2. The van der Waals surface area contributed by atoms with Crippen molar-refractivity contribution >= 4 is 23.0 Å². The van der Waals surface area contributed by atoms with Crippen molar-refractivity contribution in [3.8, 4) is 0 Å². The van der Waals surface area contributed by atoms with Gasteiger partial charge in [0.1, 0.15) is 0 Å². The van der Waals surface area contributed by atoms with Crippen LogP contribution in [-0.2, 0) is 4.79 Å². The summed E-state index contributed by atoms with van der Waals surface area (Å²) in [5.41, 5.74) is 4.05. The molecule has 0 aliphatic heterocycles. The molecule has 0 unspecified atom stereocenters. The summed E-state index contributed by atoms with van der Waals surface area (Å²) < 4.78 is 0. The zero-order valence-electron chi connectivity index (χ0n) is 15.3. The van der Waals surface area contributed by atoms with Gasteiger partial charge in [-0.1, -0.05) is 42.5 Å². The van der Waals surface area contributed by atoms with Crippen molar-refractivity contribution in [2.75, 3.05) is 36.9 Å². The lowest BCUT2D eigenvalue weighted by atomic mass is 10.2.